The molecule has 2 aromatic carbocycles. The second-order valence-corrected chi connectivity index (χ2v) is 10.6. The van der Waals surface area contributed by atoms with Gasteiger partial charge in [-0.3, -0.25) is 19.2 Å². The topological polar surface area (TPSA) is 162 Å². The van der Waals surface area contributed by atoms with Crippen LogP contribution in [0.1, 0.15) is 83.6 Å². The minimum absolute atomic E-state index is 0.00588. The molecule has 12 heteroatoms. The number of carbonyl (C=O) groups is 4. The first-order valence-corrected chi connectivity index (χ1v) is 14.3. The number of aryl methyl sites for hydroxylation is 1. The third-order valence-electron chi connectivity index (χ3n) is 6.03. The number of aliphatic hydroxyl groups excluding tert-OH is 2. The van der Waals surface area contributed by atoms with Gasteiger partial charge in [-0.25, -0.2) is 8.78 Å². The van der Waals surface area contributed by atoms with Gasteiger partial charge in [0.25, 0.3) is 11.8 Å². The lowest BCUT2D eigenvalue weighted by molar-refractivity contribution is -0.124. The summed E-state index contributed by atoms with van der Waals surface area (Å²) in [4.78, 5) is 50.9. The number of rotatable bonds is 14. The van der Waals surface area contributed by atoms with Gasteiger partial charge in [-0.15, -0.1) is 0 Å². The lowest BCUT2D eigenvalue weighted by atomic mass is 10.0. The summed E-state index contributed by atoms with van der Waals surface area (Å²) in [5.41, 5.74) is 6.18. The molecule has 4 amide bonds. The molecule has 10 nitrogen and oxygen atoms in total. The molecule has 0 saturated heterocycles. The maximum absolute atomic E-state index is 13.0. The average Bonchev–Trinajstić information content (AvgIpc) is 2.93. The Kier molecular flexibility index (Phi) is 16.1. The minimum atomic E-state index is -1.39. The molecule has 0 aliphatic carbocycles. The predicted molar refractivity (Wildman–Crippen MR) is 159 cm³/mol. The van der Waals surface area contributed by atoms with Crippen LogP contribution in [0.3, 0.4) is 0 Å². The number of benzene rings is 2. The van der Waals surface area contributed by atoms with Crippen molar-refractivity contribution in [1.82, 2.24) is 15.5 Å². The summed E-state index contributed by atoms with van der Waals surface area (Å²) in [6.07, 6.45) is -1.57. The summed E-state index contributed by atoms with van der Waals surface area (Å²) in [7, 11) is 0. The number of nitrogens with zero attached hydrogens (tertiary/aromatic N) is 1. The number of nitrogens with two attached hydrogens (primary N) is 1. The first kappa shape index (κ1) is 37.1. The van der Waals surface area contributed by atoms with Crippen LogP contribution in [-0.2, 0) is 4.79 Å². The van der Waals surface area contributed by atoms with Crippen molar-refractivity contribution >= 4 is 23.6 Å². The third-order valence-corrected chi connectivity index (χ3v) is 6.03. The van der Waals surface area contributed by atoms with Gasteiger partial charge in [-0.1, -0.05) is 27.7 Å². The summed E-state index contributed by atoms with van der Waals surface area (Å²) in [5, 5.41) is 25.3. The standard InChI is InChI=1S/C24H38N4O6.C7H6F2/c1-5-7-28(8-6-2)24(34)18-10-16(22(25)32)9-17(11-18)23(33)27-14-20(30)19(29)12-21(31)26-13-15(3)4;1-5-2-6(8)4-7(9)3-5/h9-11,15,19-20,29-30H,5-8,12-14H2,1-4H3,(H2,25,32)(H,26,31)(H,27,33);2-4H,1H3. The van der Waals surface area contributed by atoms with Crippen molar-refractivity contribution in [3.63, 3.8) is 0 Å². The van der Waals surface area contributed by atoms with Crippen LogP contribution in [0.4, 0.5) is 8.78 Å². The normalized spacial score (nSPS) is 12.0. The van der Waals surface area contributed by atoms with Gasteiger partial charge < -0.3 is 31.5 Å². The van der Waals surface area contributed by atoms with Crippen LogP contribution in [0.15, 0.2) is 36.4 Å². The smallest absolute Gasteiger partial charge is 0.253 e. The van der Waals surface area contributed by atoms with Gasteiger partial charge in [0.05, 0.1) is 18.6 Å². The van der Waals surface area contributed by atoms with Crippen LogP contribution < -0.4 is 16.4 Å². The minimum Gasteiger partial charge on any atom is -0.390 e. The molecular weight excluding hydrogens is 562 g/mol. The van der Waals surface area contributed by atoms with E-state index in [1.807, 2.05) is 27.7 Å². The SMILES string of the molecule is CCCN(CCC)C(=O)c1cc(C(N)=O)cc(C(=O)NCC(O)C(O)CC(=O)NCC(C)C)c1.Cc1cc(F)cc(F)c1. The molecule has 0 aromatic heterocycles. The number of halogens is 2. The largest absolute Gasteiger partial charge is 0.390 e. The second-order valence-electron chi connectivity index (χ2n) is 10.6. The number of hydrogen-bond donors (Lipinski definition) is 5. The highest BCUT2D eigenvalue weighted by atomic mass is 19.1. The molecule has 2 aromatic rings. The Balaban J connectivity index is 0.000000869. The van der Waals surface area contributed by atoms with E-state index in [9.17, 15) is 38.2 Å². The highest BCUT2D eigenvalue weighted by molar-refractivity contribution is 6.04. The van der Waals surface area contributed by atoms with E-state index in [0.717, 1.165) is 18.9 Å². The lowest BCUT2D eigenvalue weighted by Gasteiger charge is -2.22. The van der Waals surface area contributed by atoms with E-state index in [-0.39, 0.29) is 41.5 Å². The Morgan fingerprint density at radius 2 is 1.35 bits per heavy atom. The Hall–Kier alpha value is -3.90. The highest BCUT2D eigenvalue weighted by Crippen LogP contribution is 2.14. The van der Waals surface area contributed by atoms with Gasteiger partial charge in [0, 0.05) is 48.9 Å². The quantitative estimate of drug-likeness (QED) is 0.222. The van der Waals surface area contributed by atoms with Crippen LogP contribution in [-0.4, -0.2) is 77.1 Å². The van der Waals surface area contributed by atoms with Crippen molar-refractivity contribution in [2.24, 2.45) is 11.7 Å². The summed E-state index contributed by atoms with van der Waals surface area (Å²) in [6, 6.07) is 7.40. The number of carbonyl (C=O) groups excluding carboxylic acids is 4. The van der Waals surface area contributed by atoms with Gasteiger partial charge in [0.2, 0.25) is 11.8 Å². The van der Waals surface area contributed by atoms with Crippen molar-refractivity contribution in [3.05, 3.63) is 70.3 Å². The van der Waals surface area contributed by atoms with Gasteiger partial charge >= 0.3 is 0 Å². The van der Waals surface area contributed by atoms with E-state index in [4.69, 9.17) is 5.73 Å². The fraction of sp³-hybridized carbons (Fsp3) is 0.484. The van der Waals surface area contributed by atoms with E-state index < -0.39 is 41.6 Å². The monoisotopic (exact) mass is 606 g/mol. The molecule has 6 N–H and O–H groups in total. The molecular formula is C31H44F2N4O6. The van der Waals surface area contributed by atoms with Crippen LogP contribution in [0, 0.1) is 24.5 Å². The number of nitrogens with one attached hydrogen (secondary N) is 2. The summed E-state index contributed by atoms with van der Waals surface area (Å²) < 4.78 is 24.4. The lowest BCUT2D eigenvalue weighted by Crippen LogP contribution is -2.41. The van der Waals surface area contributed by atoms with Gasteiger partial charge in [0.1, 0.15) is 11.6 Å². The molecule has 0 aliphatic rings. The fourth-order valence-electron chi connectivity index (χ4n) is 3.90. The first-order chi connectivity index (χ1) is 20.2. The maximum Gasteiger partial charge on any atom is 0.253 e. The Morgan fingerprint density at radius 3 is 1.84 bits per heavy atom. The molecule has 0 spiro atoms. The Labute approximate surface area is 251 Å². The maximum atomic E-state index is 13.0. The van der Waals surface area contributed by atoms with Crippen LogP contribution in [0.25, 0.3) is 0 Å². The predicted octanol–water partition coefficient (Wildman–Crippen LogP) is 2.93. The molecule has 43 heavy (non-hydrogen) atoms. The fourth-order valence-corrected chi connectivity index (χ4v) is 3.90. The van der Waals surface area contributed by atoms with E-state index in [0.29, 0.717) is 25.2 Å². The molecule has 0 saturated carbocycles. The molecule has 0 heterocycles. The second kappa shape index (κ2) is 18.6. The van der Waals surface area contributed by atoms with Crippen LogP contribution >= 0.6 is 0 Å². The average molecular weight is 607 g/mol. The number of primary amides is 1. The van der Waals surface area contributed by atoms with Crippen molar-refractivity contribution < 1.29 is 38.2 Å². The summed E-state index contributed by atoms with van der Waals surface area (Å²) in [6.45, 7) is 10.6. The third kappa shape index (κ3) is 13.7. The molecule has 0 bridgehead atoms. The van der Waals surface area contributed by atoms with Crippen molar-refractivity contribution in [2.45, 2.75) is 66.1 Å². The Bertz CT molecular complexity index is 1180. The summed E-state index contributed by atoms with van der Waals surface area (Å²) in [5.74, 6) is -2.97. The van der Waals surface area contributed by atoms with E-state index in [1.54, 1.807) is 11.8 Å². The number of hydrogen-bond acceptors (Lipinski definition) is 6. The van der Waals surface area contributed by atoms with Gasteiger partial charge in [0.15, 0.2) is 0 Å². The zero-order chi connectivity index (χ0) is 32.7. The van der Waals surface area contributed by atoms with E-state index in [1.165, 1.54) is 30.3 Å². The molecule has 238 valence electrons. The number of amides is 4. The van der Waals surface area contributed by atoms with Crippen molar-refractivity contribution in [3.8, 4) is 0 Å². The number of aliphatic hydroxyl groups is 2. The van der Waals surface area contributed by atoms with E-state index >= 15 is 0 Å². The van der Waals surface area contributed by atoms with Gasteiger partial charge in [-0.2, -0.15) is 0 Å². The first-order valence-electron chi connectivity index (χ1n) is 14.3. The van der Waals surface area contributed by atoms with Crippen molar-refractivity contribution in [1.29, 1.82) is 0 Å². The zero-order valence-corrected chi connectivity index (χ0v) is 25.5. The molecule has 2 rings (SSSR count). The Morgan fingerprint density at radius 1 is 0.814 bits per heavy atom. The van der Waals surface area contributed by atoms with Crippen LogP contribution in [0.5, 0.6) is 0 Å². The highest BCUT2D eigenvalue weighted by Gasteiger charge is 2.22. The van der Waals surface area contributed by atoms with Gasteiger partial charge in [-0.05, 0) is 61.6 Å². The molecule has 0 radical (unpaired) electrons. The zero-order valence-electron chi connectivity index (χ0n) is 25.5. The van der Waals surface area contributed by atoms with Crippen LogP contribution in [0.2, 0.25) is 0 Å². The van der Waals surface area contributed by atoms with Crippen molar-refractivity contribution in [2.75, 3.05) is 26.2 Å². The van der Waals surface area contributed by atoms with E-state index in [2.05, 4.69) is 10.6 Å². The summed E-state index contributed by atoms with van der Waals surface area (Å²) >= 11 is 0. The molecule has 0 aliphatic heterocycles. The molecule has 2 atom stereocenters. The molecule has 0 fully saturated rings. The molecule has 2 unspecified atom stereocenters.